The van der Waals surface area contributed by atoms with E-state index in [1.807, 2.05) is 0 Å². The summed E-state index contributed by atoms with van der Waals surface area (Å²) in [7, 11) is -1.14. The van der Waals surface area contributed by atoms with Crippen molar-refractivity contribution in [3.63, 3.8) is 0 Å². The molecule has 0 spiro atoms. The van der Waals surface area contributed by atoms with Gasteiger partial charge in [0.25, 0.3) is 0 Å². The molecule has 3 atom stereocenters. The summed E-state index contributed by atoms with van der Waals surface area (Å²) in [5.74, 6) is -3.10. The molecule has 1 N–H and O–H groups in total. The SMILES string of the molecule is CC1CN(C(=O)Oc2nc(=O)n3c4c(cc(C(F)(F)F)cc24)[SH](c2ccc(F)cc2F)C[C@@H](N(C)CC(F)(F)F)C3)CCN1. The summed E-state index contributed by atoms with van der Waals surface area (Å²) in [6, 6.07) is 2.56. The molecule has 3 aromatic rings. The van der Waals surface area contributed by atoms with E-state index in [4.69, 9.17) is 4.74 Å². The number of carbonyl (C=O) groups is 1. The van der Waals surface area contributed by atoms with Crippen molar-refractivity contribution in [2.45, 2.75) is 47.7 Å². The van der Waals surface area contributed by atoms with Crippen molar-refractivity contribution >= 4 is 27.9 Å². The van der Waals surface area contributed by atoms with Gasteiger partial charge in [-0.15, -0.1) is 0 Å². The molecule has 8 nitrogen and oxygen atoms in total. The van der Waals surface area contributed by atoms with Crippen molar-refractivity contribution in [1.29, 1.82) is 0 Å². The van der Waals surface area contributed by atoms with Crippen LogP contribution < -0.4 is 15.7 Å². The average molecular weight is 654 g/mol. The fourth-order valence-electron chi connectivity index (χ4n) is 5.43. The Morgan fingerprint density at radius 2 is 1.84 bits per heavy atom. The zero-order chi connectivity index (χ0) is 32.1. The third kappa shape index (κ3) is 6.63. The van der Waals surface area contributed by atoms with Crippen LogP contribution in [0.2, 0.25) is 0 Å². The molecular weight excluding hydrogens is 626 g/mol. The van der Waals surface area contributed by atoms with Crippen LogP contribution in [0.15, 0.2) is 44.9 Å². The molecule has 5 rings (SSSR count). The molecule has 2 aromatic carbocycles. The van der Waals surface area contributed by atoms with Crippen LogP contribution in [0.25, 0.3) is 10.9 Å². The summed E-state index contributed by atoms with van der Waals surface area (Å²) in [6.45, 7) is 0.748. The lowest BCUT2D eigenvalue weighted by molar-refractivity contribution is -0.147. The molecule has 240 valence electrons. The molecule has 0 bridgehead atoms. The number of ether oxygens (including phenoxy) is 1. The van der Waals surface area contributed by atoms with E-state index in [1.165, 1.54) is 4.90 Å². The first kappa shape index (κ1) is 32.0. The summed E-state index contributed by atoms with van der Waals surface area (Å²) in [5, 5.41) is 2.71. The van der Waals surface area contributed by atoms with E-state index in [2.05, 4.69) is 10.3 Å². The van der Waals surface area contributed by atoms with Crippen molar-refractivity contribution < 1.29 is 44.7 Å². The van der Waals surface area contributed by atoms with Crippen LogP contribution in [-0.4, -0.2) is 82.7 Å². The van der Waals surface area contributed by atoms with Crippen molar-refractivity contribution in [2.75, 3.05) is 39.0 Å². The molecule has 2 aliphatic rings. The van der Waals surface area contributed by atoms with Gasteiger partial charge in [-0.1, -0.05) is 0 Å². The van der Waals surface area contributed by atoms with Crippen molar-refractivity contribution in [3.8, 4) is 5.88 Å². The van der Waals surface area contributed by atoms with Crippen LogP contribution >= 0.6 is 10.9 Å². The standard InChI is InChI=1S/C27H27F8N5O3S/c1-14-10-39(6-5-36-14)25(42)43-23-18-7-15(27(33,34)35)8-21-22(18)40(24(41)37-23)11-17(38(2)13-26(30,31)32)12-44(21)20-4-3-16(28)9-19(20)29/h3-4,7-9,14,17,36,44H,5-6,10-13H2,1-2H3/t14?,17-/m0/s1. The first-order chi connectivity index (χ1) is 20.5. The minimum atomic E-state index is -4.97. The summed E-state index contributed by atoms with van der Waals surface area (Å²) in [4.78, 5) is 31.9. The highest BCUT2D eigenvalue weighted by atomic mass is 32.2. The lowest BCUT2D eigenvalue weighted by atomic mass is 10.1. The zero-order valence-electron chi connectivity index (χ0n) is 23.3. The van der Waals surface area contributed by atoms with Gasteiger partial charge in [0.1, 0.15) is 11.6 Å². The highest BCUT2D eigenvalue weighted by Gasteiger charge is 2.39. The van der Waals surface area contributed by atoms with E-state index in [0.717, 1.165) is 28.6 Å². The third-order valence-corrected chi connectivity index (χ3v) is 10.1. The maximum atomic E-state index is 15.2. The van der Waals surface area contributed by atoms with E-state index in [-0.39, 0.29) is 40.2 Å². The molecule has 0 radical (unpaired) electrons. The summed E-state index contributed by atoms with van der Waals surface area (Å²) in [5.41, 5.74) is -2.51. The summed E-state index contributed by atoms with van der Waals surface area (Å²) < 4.78 is 118. The highest BCUT2D eigenvalue weighted by molar-refractivity contribution is 8.17. The zero-order valence-corrected chi connectivity index (χ0v) is 24.2. The van der Waals surface area contributed by atoms with Gasteiger partial charge in [-0.25, -0.2) is 18.4 Å². The van der Waals surface area contributed by atoms with Crippen molar-refractivity contribution in [2.24, 2.45) is 0 Å². The van der Waals surface area contributed by atoms with Gasteiger partial charge in [0.05, 0.1) is 23.0 Å². The number of amides is 1. The Labute approximate surface area is 247 Å². The van der Waals surface area contributed by atoms with Gasteiger partial charge in [-0.2, -0.15) is 42.2 Å². The lowest BCUT2D eigenvalue weighted by Gasteiger charge is -2.32. The van der Waals surface area contributed by atoms with Crippen LogP contribution in [0.4, 0.5) is 39.9 Å². The second kappa shape index (κ2) is 11.8. The Hall–Kier alpha value is -3.44. The van der Waals surface area contributed by atoms with Gasteiger partial charge in [0, 0.05) is 59.9 Å². The number of nitrogens with one attached hydrogen (secondary N) is 1. The molecule has 0 saturated carbocycles. The average Bonchev–Trinajstić information content (AvgIpc) is 3.08. The smallest absolute Gasteiger partial charge is 0.390 e. The van der Waals surface area contributed by atoms with Gasteiger partial charge >= 0.3 is 24.1 Å². The Bertz CT molecular complexity index is 1650. The van der Waals surface area contributed by atoms with Crippen molar-refractivity contribution in [1.82, 2.24) is 24.7 Å². The molecule has 2 aliphatic heterocycles. The normalized spacial score (nSPS) is 21.9. The molecule has 1 aromatic heterocycles. The Morgan fingerprint density at radius 1 is 1.11 bits per heavy atom. The third-order valence-electron chi connectivity index (χ3n) is 7.49. The number of alkyl halides is 6. The number of likely N-dealkylation sites (N-methyl/N-ethyl adjacent to an activating group) is 1. The molecule has 0 aliphatic carbocycles. The topological polar surface area (TPSA) is 79.7 Å². The summed E-state index contributed by atoms with van der Waals surface area (Å²) in [6.07, 6.45) is -10.6. The van der Waals surface area contributed by atoms with Gasteiger partial charge in [-0.05, 0) is 38.2 Å². The Balaban J connectivity index is 1.75. The van der Waals surface area contributed by atoms with Gasteiger partial charge in [-0.3, -0.25) is 9.47 Å². The first-order valence-electron chi connectivity index (χ1n) is 13.4. The largest absolute Gasteiger partial charge is 0.416 e. The fourth-order valence-corrected chi connectivity index (χ4v) is 8.26. The monoisotopic (exact) mass is 653 g/mol. The molecule has 1 amide bonds. The molecule has 1 fully saturated rings. The number of halogens is 8. The molecular formula is C27H27F8N5O3S. The molecule has 44 heavy (non-hydrogen) atoms. The van der Waals surface area contributed by atoms with E-state index in [1.54, 1.807) is 6.92 Å². The van der Waals surface area contributed by atoms with Crippen LogP contribution in [0, 0.1) is 11.6 Å². The minimum absolute atomic E-state index is 0.119. The van der Waals surface area contributed by atoms with Crippen LogP contribution in [0.3, 0.4) is 0 Å². The number of aromatic nitrogens is 2. The Morgan fingerprint density at radius 3 is 2.48 bits per heavy atom. The van der Waals surface area contributed by atoms with Crippen LogP contribution in [-0.2, 0) is 12.7 Å². The maximum Gasteiger partial charge on any atom is 0.416 e. The predicted octanol–water partition coefficient (Wildman–Crippen LogP) is 4.78. The quantitative estimate of drug-likeness (QED) is 0.312. The van der Waals surface area contributed by atoms with Crippen LogP contribution in [0.1, 0.15) is 12.5 Å². The number of piperazine rings is 1. The molecule has 1 saturated heterocycles. The predicted molar refractivity (Wildman–Crippen MR) is 145 cm³/mol. The number of hydrogen-bond donors (Lipinski definition) is 2. The van der Waals surface area contributed by atoms with E-state index < -0.39 is 82.6 Å². The Kier molecular flexibility index (Phi) is 8.58. The van der Waals surface area contributed by atoms with Gasteiger partial charge in [0.15, 0.2) is 0 Å². The van der Waals surface area contributed by atoms with E-state index in [0.29, 0.717) is 24.7 Å². The first-order valence-corrected chi connectivity index (χ1v) is 14.9. The number of thiol groups is 1. The molecule has 2 unspecified atom stereocenters. The molecule has 3 heterocycles. The van der Waals surface area contributed by atoms with Crippen LogP contribution in [0.5, 0.6) is 5.88 Å². The number of hydrogen-bond acceptors (Lipinski definition) is 6. The highest BCUT2D eigenvalue weighted by Crippen LogP contribution is 2.53. The number of carbonyl (C=O) groups excluding carboxylic acids is 1. The lowest BCUT2D eigenvalue weighted by Crippen LogP contribution is -2.52. The number of rotatable bonds is 4. The number of nitrogens with zero attached hydrogens (tertiary/aromatic N) is 4. The minimum Gasteiger partial charge on any atom is -0.390 e. The van der Waals surface area contributed by atoms with E-state index >= 15 is 4.39 Å². The summed E-state index contributed by atoms with van der Waals surface area (Å²) >= 11 is 0. The number of benzene rings is 2. The maximum absolute atomic E-state index is 15.2. The van der Waals surface area contributed by atoms with Gasteiger partial charge in [0.2, 0.25) is 5.88 Å². The van der Waals surface area contributed by atoms with Gasteiger partial charge < -0.3 is 15.0 Å². The van der Waals surface area contributed by atoms with E-state index in [9.17, 15) is 40.3 Å². The second-order valence-corrected chi connectivity index (χ2v) is 12.9. The second-order valence-electron chi connectivity index (χ2n) is 10.8. The molecule has 17 heteroatoms. The van der Waals surface area contributed by atoms with Crippen molar-refractivity contribution in [3.05, 3.63) is 58.0 Å². The fraction of sp³-hybridized carbons (Fsp3) is 0.444.